The standard InChI is InChI=1S/C54H36N2Si/c1-5-17-37(18-6-1)39-29-31-49-45(33-39)46-34-40(38-19-7-2-8-20-38)30-32-50(46)55(49)41-35-47-44-25-13-14-26-48(44)56-51-27-15-16-28-52(51)57(53(36-41)54(47)56,42-21-9-3-10-22-42)43-23-11-4-12-24-43/h1-36H. The van der Waals surface area contributed by atoms with Crippen molar-refractivity contribution in [1.82, 2.24) is 9.13 Å². The molecular formula is C54H36N2Si. The van der Waals surface area contributed by atoms with Gasteiger partial charge >= 0.3 is 0 Å². The van der Waals surface area contributed by atoms with Crippen LogP contribution in [0.2, 0.25) is 0 Å². The summed E-state index contributed by atoms with van der Waals surface area (Å²) in [6, 6.07) is 81.5. The number of hydrogen-bond donors (Lipinski definition) is 0. The molecular weight excluding hydrogens is 705 g/mol. The molecule has 0 fully saturated rings. The maximum absolute atomic E-state index is 2.89. The largest absolute Gasteiger partial charge is 0.309 e. The molecule has 0 bridgehead atoms. The van der Waals surface area contributed by atoms with E-state index in [1.54, 1.807) is 0 Å². The van der Waals surface area contributed by atoms with Gasteiger partial charge < -0.3 is 9.13 Å². The molecule has 1 aliphatic heterocycles. The van der Waals surface area contributed by atoms with E-state index in [-0.39, 0.29) is 0 Å². The van der Waals surface area contributed by atoms with Gasteiger partial charge in [0, 0.05) is 32.9 Å². The quantitative estimate of drug-likeness (QED) is 0.156. The van der Waals surface area contributed by atoms with Crippen LogP contribution in [0.4, 0.5) is 0 Å². The molecule has 0 amide bonds. The van der Waals surface area contributed by atoms with Gasteiger partial charge in [-0.25, -0.2) is 0 Å². The van der Waals surface area contributed by atoms with Crippen molar-refractivity contribution < 1.29 is 0 Å². The van der Waals surface area contributed by atoms with Gasteiger partial charge in [-0.15, -0.1) is 0 Å². The van der Waals surface area contributed by atoms with Crippen LogP contribution in [-0.2, 0) is 0 Å². The lowest BCUT2D eigenvalue weighted by atomic mass is 10.0. The molecule has 0 atom stereocenters. The first-order valence-electron chi connectivity index (χ1n) is 19.8. The predicted molar refractivity (Wildman–Crippen MR) is 243 cm³/mol. The zero-order chi connectivity index (χ0) is 37.5. The summed E-state index contributed by atoms with van der Waals surface area (Å²) in [7, 11) is -2.89. The number of para-hydroxylation sites is 2. The van der Waals surface area contributed by atoms with Gasteiger partial charge in [-0.05, 0) is 91.5 Å². The highest BCUT2D eigenvalue weighted by Crippen LogP contribution is 2.40. The van der Waals surface area contributed by atoms with E-state index in [0.717, 1.165) is 0 Å². The molecule has 0 radical (unpaired) electrons. The van der Waals surface area contributed by atoms with Crippen LogP contribution in [0.25, 0.3) is 77.2 Å². The fourth-order valence-electron chi connectivity index (χ4n) is 9.97. The van der Waals surface area contributed by atoms with E-state index in [1.165, 1.54) is 98.0 Å². The monoisotopic (exact) mass is 740 g/mol. The number of benzene rings is 9. The highest BCUT2D eigenvalue weighted by atomic mass is 28.3. The third-order valence-corrected chi connectivity index (χ3v) is 17.2. The van der Waals surface area contributed by atoms with E-state index >= 15 is 0 Å². The Morgan fingerprint density at radius 2 is 0.789 bits per heavy atom. The van der Waals surface area contributed by atoms with Crippen LogP contribution in [0.3, 0.4) is 0 Å². The van der Waals surface area contributed by atoms with Gasteiger partial charge in [0.05, 0.1) is 22.1 Å². The Bertz CT molecular complexity index is 3190. The molecule has 0 aliphatic carbocycles. The van der Waals surface area contributed by atoms with Crippen LogP contribution in [0.15, 0.2) is 218 Å². The highest BCUT2D eigenvalue weighted by Gasteiger charge is 2.48. The number of hydrogen-bond acceptors (Lipinski definition) is 0. The van der Waals surface area contributed by atoms with Gasteiger partial charge in [0.1, 0.15) is 0 Å². The molecule has 0 N–H and O–H groups in total. The van der Waals surface area contributed by atoms with Crippen LogP contribution in [0.5, 0.6) is 0 Å². The number of aromatic nitrogens is 2. The second-order valence-electron chi connectivity index (χ2n) is 15.3. The first-order valence-corrected chi connectivity index (χ1v) is 21.8. The topological polar surface area (TPSA) is 9.86 Å². The number of nitrogens with zero attached hydrogens (tertiary/aromatic N) is 2. The fourth-order valence-corrected chi connectivity index (χ4v) is 15.1. The predicted octanol–water partition coefficient (Wildman–Crippen LogP) is 10.9. The second-order valence-corrected chi connectivity index (χ2v) is 19.0. The summed E-state index contributed by atoms with van der Waals surface area (Å²) in [6.45, 7) is 0. The van der Waals surface area contributed by atoms with E-state index in [1.807, 2.05) is 0 Å². The van der Waals surface area contributed by atoms with Crippen LogP contribution in [-0.4, -0.2) is 17.2 Å². The minimum Gasteiger partial charge on any atom is -0.309 e. The molecule has 2 aromatic heterocycles. The zero-order valence-electron chi connectivity index (χ0n) is 31.2. The van der Waals surface area contributed by atoms with E-state index in [2.05, 4.69) is 228 Å². The van der Waals surface area contributed by atoms with Crippen LogP contribution < -0.4 is 20.7 Å². The first kappa shape index (κ1) is 32.1. The summed E-state index contributed by atoms with van der Waals surface area (Å²) in [5.74, 6) is 0. The van der Waals surface area contributed by atoms with Gasteiger partial charge in [0.15, 0.2) is 8.07 Å². The Balaban J connectivity index is 1.25. The molecule has 2 nitrogen and oxygen atoms in total. The Kier molecular flexibility index (Phi) is 6.98. The molecule has 3 heterocycles. The molecule has 9 aromatic carbocycles. The third-order valence-electron chi connectivity index (χ3n) is 12.4. The molecule has 0 spiro atoms. The fraction of sp³-hybridized carbons (Fsp3) is 0. The van der Waals surface area contributed by atoms with Gasteiger partial charge in [-0.3, -0.25) is 0 Å². The lowest BCUT2D eigenvalue weighted by Gasteiger charge is -2.40. The van der Waals surface area contributed by atoms with Crippen molar-refractivity contribution in [3.05, 3.63) is 218 Å². The van der Waals surface area contributed by atoms with Gasteiger partial charge in [-0.2, -0.15) is 0 Å². The van der Waals surface area contributed by atoms with Crippen molar-refractivity contribution in [3.63, 3.8) is 0 Å². The normalized spacial score (nSPS) is 13.1. The van der Waals surface area contributed by atoms with E-state index in [4.69, 9.17) is 0 Å². The first-order chi connectivity index (χ1) is 28.3. The highest BCUT2D eigenvalue weighted by molar-refractivity contribution is 7.21. The van der Waals surface area contributed by atoms with Gasteiger partial charge in [0.25, 0.3) is 0 Å². The van der Waals surface area contributed by atoms with Crippen molar-refractivity contribution in [2.24, 2.45) is 0 Å². The summed E-state index contributed by atoms with van der Waals surface area (Å²) >= 11 is 0. The molecule has 3 heteroatoms. The average Bonchev–Trinajstić information content (AvgIpc) is 3.80. The van der Waals surface area contributed by atoms with E-state index in [9.17, 15) is 0 Å². The maximum Gasteiger partial charge on any atom is 0.184 e. The van der Waals surface area contributed by atoms with Crippen molar-refractivity contribution >= 4 is 72.4 Å². The summed E-state index contributed by atoms with van der Waals surface area (Å²) in [5, 5.41) is 10.7. The van der Waals surface area contributed by atoms with Crippen LogP contribution in [0, 0.1) is 0 Å². The van der Waals surface area contributed by atoms with Crippen LogP contribution in [0.1, 0.15) is 0 Å². The average molecular weight is 741 g/mol. The molecule has 266 valence electrons. The van der Waals surface area contributed by atoms with E-state index < -0.39 is 8.07 Å². The second kappa shape index (κ2) is 12.4. The van der Waals surface area contributed by atoms with Crippen molar-refractivity contribution in [1.29, 1.82) is 0 Å². The summed E-state index contributed by atoms with van der Waals surface area (Å²) < 4.78 is 5.09. The van der Waals surface area contributed by atoms with E-state index in [0.29, 0.717) is 0 Å². The minimum absolute atomic E-state index is 1.18. The molecule has 0 saturated carbocycles. The SMILES string of the molecule is c1ccc(-c2ccc3c(c2)c2cc(-c4ccccc4)ccc2n3-c2cc3c4c(c2)c2ccccc2n4-c2ccccc2[Si]3(c2ccccc2)c2ccccc2)cc1. The van der Waals surface area contributed by atoms with Crippen molar-refractivity contribution in [3.8, 4) is 33.6 Å². The summed E-state index contributed by atoms with van der Waals surface area (Å²) in [6.07, 6.45) is 0. The lowest BCUT2D eigenvalue weighted by Crippen LogP contribution is -2.76. The third kappa shape index (κ3) is 4.58. The zero-order valence-corrected chi connectivity index (χ0v) is 32.2. The Morgan fingerprint density at radius 3 is 1.39 bits per heavy atom. The molecule has 1 aliphatic rings. The van der Waals surface area contributed by atoms with Gasteiger partial charge in [0.2, 0.25) is 0 Å². The molecule has 57 heavy (non-hydrogen) atoms. The Labute approximate surface area is 332 Å². The molecule has 0 saturated heterocycles. The Morgan fingerprint density at radius 1 is 0.298 bits per heavy atom. The molecule has 12 rings (SSSR count). The maximum atomic E-state index is 2.56. The number of rotatable bonds is 5. The Hall–Kier alpha value is -7.20. The molecule has 0 unspecified atom stereocenters. The lowest BCUT2D eigenvalue weighted by molar-refractivity contribution is 1.17. The number of fused-ring (bicyclic) bond motifs is 8. The van der Waals surface area contributed by atoms with Crippen molar-refractivity contribution in [2.45, 2.75) is 0 Å². The van der Waals surface area contributed by atoms with Crippen LogP contribution >= 0.6 is 0 Å². The smallest absolute Gasteiger partial charge is 0.184 e. The van der Waals surface area contributed by atoms with Gasteiger partial charge in [-0.1, -0.05) is 170 Å². The minimum atomic E-state index is -2.89. The summed E-state index contributed by atoms with van der Waals surface area (Å²) in [4.78, 5) is 0. The van der Waals surface area contributed by atoms with Crippen molar-refractivity contribution in [2.75, 3.05) is 0 Å². The summed E-state index contributed by atoms with van der Waals surface area (Å²) in [5.41, 5.74) is 12.3. The molecule has 11 aromatic rings.